The smallest absolute Gasteiger partial charge is 0.336 e. The van der Waals surface area contributed by atoms with Crippen LogP contribution in [0, 0.1) is 6.92 Å². The van der Waals surface area contributed by atoms with E-state index in [1.165, 1.54) is 18.5 Å². The molecule has 1 heterocycles. The Morgan fingerprint density at radius 2 is 2.22 bits per heavy atom. The summed E-state index contributed by atoms with van der Waals surface area (Å²) in [5.74, 6) is -0.885. The maximum atomic E-state index is 11.4. The van der Waals surface area contributed by atoms with Crippen molar-refractivity contribution >= 4 is 17.5 Å². The number of aromatic amines is 1. The molecule has 0 radical (unpaired) electrons. The molecule has 0 amide bonds. The Hall–Kier alpha value is -2.63. The Balaban J connectivity index is 2.36. The van der Waals surface area contributed by atoms with Gasteiger partial charge in [-0.25, -0.2) is 9.78 Å². The molecule has 92 valence electrons. The topological polar surface area (TPSA) is 95.1 Å². The maximum Gasteiger partial charge on any atom is 0.336 e. The van der Waals surface area contributed by atoms with Crippen LogP contribution >= 0.6 is 0 Å². The summed E-state index contributed by atoms with van der Waals surface area (Å²) in [6.07, 6.45) is 2.86. The summed E-state index contributed by atoms with van der Waals surface area (Å²) in [6.45, 7) is 1.71. The first kappa shape index (κ1) is 11.8. The lowest BCUT2D eigenvalue weighted by atomic mass is 10.1. The summed E-state index contributed by atoms with van der Waals surface area (Å²) >= 11 is 0. The van der Waals surface area contributed by atoms with Crippen molar-refractivity contribution in [3.05, 3.63) is 52.1 Å². The van der Waals surface area contributed by atoms with Gasteiger partial charge in [-0.05, 0) is 24.6 Å². The number of carbonyl (C=O) groups is 1. The van der Waals surface area contributed by atoms with Crippen LogP contribution in [0.3, 0.4) is 0 Å². The van der Waals surface area contributed by atoms with E-state index >= 15 is 0 Å². The predicted octanol–water partition coefficient (Wildman–Crippen LogP) is 1.52. The summed E-state index contributed by atoms with van der Waals surface area (Å²) in [5.41, 5.74) is 0.979. The third kappa shape index (κ3) is 2.37. The zero-order valence-electron chi connectivity index (χ0n) is 9.60. The fourth-order valence-corrected chi connectivity index (χ4v) is 1.51. The number of aryl methyl sites for hydroxylation is 1. The van der Waals surface area contributed by atoms with Gasteiger partial charge < -0.3 is 15.4 Å². The van der Waals surface area contributed by atoms with Gasteiger partial charge in [0.2, 0.25) is 0 Å². The molecule has 0 fully saturated rings. The Kier molecular flexibility index (Phi) is 3.09. The number of nitrogens with one attached hydrogen (secondary N) is 2. The number of anilines is 2. The molecule has 0 bridgehead atoms. The molecule has 0 aliphatic rings. The summed E-state index contributed by atoms with van der Waals surface area (Å²) < 4.78 is 0. The number of aromatic nitrogens is 2. The van der Waals surface area contributed by atoms with Crippen LogP contribution < -0.4 is 10.9 Å². The van der Waals surface area contributed by atoms with Crippen molar-refractivity contribution in [1.29, 1.82) is 0 Å². The lowest BCUT2D eigenvalue weighted by Crippen LogP contribution is -2.12. The normalized spacial score (nSPS) is 10.1. The fourth-order valence-electron chi connectivity index (χ4n) is 1.51. The van der Waals surface area contributed by atoms with Crippen LogP contribution in [-0.2, 0) is 0 Å². The number of carboxylic acids is 1. The summed E-state index contributed by atoms with van der Waals surface area (Å²) in [6, 6.07) is 4.82. The average molecular weight is 245 g/mol. The van der Waals surface area contributed by atoms with Gasteiger partial charge in [-0.1, -0.05) is 6.07 Å². The number of benzene rings is 1. The molecule has 0 aliphatic heterocycles. The molecule has 0 unspecified atom stereocenters. The molecule has 1 aromatic heterocycles. The van der Waals surface area contributed by atoms with Crippen LogP contribution in [0.15, 0.2) is 35.4 Å². The van der Waals surface area contributed by atoms with Crippen LogP contribution in [0.4, 0.5) is 11.5 Å². The first-order chi connectivity index (χ1) is 8.58. The van der Waals surface area contributed by atoms with Crippen LogP contribution in [-0.4, -0.2) is 21.0 Å². The van der Waals surface area contributed by atoms with Gasteiger partial charge in [0, 0.05) is 18.1 Å². The third-order valence-electron chi connectivity index (χ3n) is 2.44. The highest BCUT2D eigenvalue weighted by Gasteiger charge is 2.08. The lowest BCUT2D eigenvalue weighted by molar-refractivity contribution is 0.0696. The first-order valence-electron chi connectivity index (χ1n) is 5.22. The van der Waals surface area contributed by atoms with Crippen molar-refractivity contribution in [3.8, 4) is 0 Å². The Morgan fingerprint density at radius 1 is 1.44 bits per heavy atom. The molecule has 0 spiro atoms. The Morgan fingerprint density at radius 3 is 2.89 bits per heavy atom. The summed E-state index contributed by atoms with van der Waals surface area (Å²) in [5, 5.41) is 11.8. The van der Waals surface area contributed by atoms with Gasteiger partial charge in [0.05, 0.1) is 5.56 Å². The average Bonchev–Trinajstić information content (AvgIpc) is 2.34. The van der Waals surface area contributed by atoms with Crippen LogP contribution in [0.2, 0.25) is 0 Å². The predicted molar refractivity (Wildman–Crippen MR) is 66.3 cm³/mol. The summed E-state index contributed by atoms with van der Waals surface area (Å²) in [7, 11) is 0. The van der Waals surface area contributed by atoms with E-state index in [9.17, 15) is 9.59 Å². The quantitative estimate of drug-likeness (QED) is 0.762. The van der Waals surface area contributed by atoms with E-state index in [0.717, 1.165) is 0 Å². The number of carboxylic acid groups (broad SMARTS) is 1. The molecular weight excluding hydrogens is 234 g/mol. The molecule has 0 aliphatic carbocycles. The van der Waals surface area contributed by atoms with E-state index in [4.69, 9.17) is 5.11 Å². The zero-order chi connectivity index (χ0) is 13.1. The van der Waals surface area contributed by atoms with Crippen molar-refractivity contribution in [1.82, 2.24) is 9.97 Å². The Labute approximate surface area is 102 Å². The van der Waals surface area contributed by atoms with Gasteiger partial charge >= 0.3 is 5.97 Å². The second-order valence-electron chi connectivity index (χ2n) is 3.73. The molecule has 0 saturated carbocycles. The van der Waals surface area contributed by atoms with Crippen molar-refractivity contribution in [2.45, 2.75) is 6.92 Å². The van der Waals surface area contributed by atoms with E-state index in [1.807, 2.05) is 0 Å². The molecule has 2 rings (SSSR count). The molecular formula is C12H11N3O3. The number of aromatic carboxylic acids is 1. The van der Waals surface area contributed by atoms with Gasteiger partial charge in [0.25, 0.3) is 5.56 Å². The lowest BCUT2D eigenvalue weighted by Gasteiger charge is -2.07. The minimum Gasteiger partial charge on any atom is -0.478 e. The SMILES string of the molecule is Cc1ccc(Nc2ncc[nH]c2=O)cc1C(=O)O. The van der Waals surface area contributed by atoms with Crippen molar-refractivity contribution < 1.29 is 9.90 Å². The van der Waals surface area contributed by atoms with Gasteiger partial charge in [0.15, 0.2) is 5.82 Å². The maximum absolute atomic E-state index is 11.4. The molecule has 6 nitrogen and oxygen atoms in total. The second-order valence-corrected chi connectivity index (χ2v) is 3.73. The number of H-pyrrole nitrogens is 1. The third-order valence-corrected chi connectivity index (χ3v) is 2.44. The van der Waals surface area contributed by atoms with Crippen LogP contribution in [0.25, 0.3) is 0 Å². The van der Waals surface area contributed by atoms with Crippen LogP contribution in [0.5, 0.6) is 0 Å². The molecule has 3 N–H and O–H groups in total. The second kappa shape index (κ2) is 4.70. The highest BCUT2D eigenvalue weighted by Crippen LogP contribution is 2.17. The first-order valence-corrected chi connectivity index (χ1v) is 5.22. The zero-order valence-corrected chi connectivity index (χ0v) is 9.60. The van der Waals surface area contributed by atoms with Gasteiger partial charge in [-0.3, -0.25) is 4.79 Å². The molecule has 1 aromatic carbocycles. The van der Waals surface area contributed by atoms with Crippen LogP contribution in [0.1, 0.15) is 15.9 Å². The van der Waals surface area contributed by atoms with E-state index in [1.54, 1.807) is 19.1 Å². The largest absolute Gasteiger partial charge is 0.478 e. The monoisotopic (exact) mass is 245 g/mol. The minimum atomic E-state index is -1.01. The van der Waals surface area contributed by atoms with E-state index in [-0.39, 0.29) is 16.9 Å². The molecule has 6 heteroatoms. The standard InChI is InChI=1S/C12H11N3O3/c1-7-2-3-8(6-9(7)12(17)18)15-10-11(16)14-5-4-13-10/h2-6H,1H3,(H,13,15)(H,14,16)(H,17,18). The van der Waals surface area contributed by atoms with Crippen molar-refractivity contribution in [3.63, 3.8) is 0 Å². The number of nitrogens with zero attached hydrogens (tertiary/aromatic N) is 1. The van der Waals surface area contributed by atoms with Gasteiger partial charge in [-0.2, -0.15) is 0 Å². The van der Waals surface area contributed by atoms with Crippen molar-refractivity contribution in [2.24, 2.45) is 0 Å². The number of hydrogen-bond donors (Lipinski definition) is 3. The van der Waals surface area contributed by atoms with Gasteiger partial charge in [0.1, 0.15) is 0 Å². The highest BCUT2D eigenvalue weighted by molar-refractivity contribution is 5.90. The molecule has 18 heavy (non-hydrogen) atoms. The molecule has 0 saturated heterocycles. The number of hydrogen-bond acceptors (Lipinski definition) is 4. The van der Waals surface area contributed by atoms with E-state index in [2.05, 4.69) is 15.3 Å². The van der Waals surface area contributed by atoms with Gasteiger partial charge in [-0.15, -0.1) is 0 Å². The number of rotatable bonds is 3. The molecule has 0 atom stereocenters. The molecule has 2 aromatic rings. The van der Waals surface area contributed by atoms with Crippen molar-refractivity contribution in [2.75, 3.05) is 5.32 Å². The van der Waals surface area contributed by atoms with E-state index in [0.29, 0.717) is 11.3 Å². The minimum absolute atomic E-state index is 0.123. The highest BCUT2D eigenvalue weighted by atomic mass is 16.4. The fraction of sp³-hybridized carbons (Fsp3) is 0.0833. The van der Waals surface area contributed by atoms with E-state index < -0.39 is 5.97 Å². The summed E-state index contributed by atoms with van der Waals surface area (Å²) in [4.78, 5) is 28.7. The Bertz CT molecular complexity index is 649.